The van der Waals surface area contributed by atoms with Gasteiger partial charge in [-0.3, -0.25) is 4.79 Å². The van der Waals surface area contributed by atoms with E-state index in [4.69, 9.17) is 14.2 Å². The molecular formula is C17H15NO4. The van der Waals surface area contributed by atoms with Gasteiger partial charge in [-0.15, -0.1) is 0 Å². The lowest BCUT2D eigenvalue weighted by molar-refractivity contribution is 0.104. The van der Waals surface area contributed by atoms with Crippen LogP contribution in [0.3, 0.4) is 0 Å². The molecule has 0 saturated heterocycles. The van der Waals surface area contributed by atoms with Crippen molar-refractivity contribution in [3.05, 3.63) is 60.3 Å². The van der Waals surface area contributed by atoms with Crippen LogP contribution in [0.25, 0.3) is 0 Å². The first-order valence-corrected chi connectivity index (χ1v) is 6.77. The van der Waals surface area contributed by atoms with Crippen molar-refractivity contribution in [1.29, 1.82) is 0 Å². The molecule has 1 heterocycles. The Morgan fingerprint density at radius 1 is 1.18 bits per heavy atom. The molecule has 2 aromatic rings. The molecule has 1 aliphatic rings. The molecule has 0 aliphatic carbocycles. The average Bonchev–Trinajstić information content (AvgIpc) is 3.02. The maximum Gasteiger partial charge on any atom is 0.231 e. The maximum absolute atomic E-state index is 12.1. The van der Waals surface area contributed by atoms with Crippen molar-refractivity contribution >= 4 is 11.5 Å². The predicted molar refractivity (Wildman–Crippen MR) is 82.7 cm³/mol. The number of methoxy groups -OCH3 is 1. The first-order valence-electron chi connectivity index (χ1n) is 6.77. The molecule has 5 heteroatoms. The van der Waals surface area contributed by atoms with E-state index in [9.17, 15) is 4.79 Å². The highest BCUT2D eigenvalue weighted by molar-refractivity contribution is 6.05. The van der Waals surface area contributed by atoms with Crippen molar-refractivity contribution in [2.75, 3.05) is 19.2 Å². The van der Waals surface area contributed by atoms with E-state index in [0.29, 0.717) is 17.1 Å². The van der Waals surface area contributed by atoms with Gasteiger partial charge in [0.2, 0.25) is 6.79 Å². The van der Waals surface area contributed by atoms with Gasteiger partial charge in [0.1, 0.15) is 5.75 Å². The number of hydrogen-bond acceptors (Lipinski definition) is 5. The van der Waals surface area contributed by atoms with Crippen molar-refractivity contribution in [3.63, 3.8) is 0 Å². The molecule has 2 aromatic carbocycles. The van der Waals surface area contributed by atoms with Crippen molar-refractivity contribution in [1.82, 2.24) is 0 Å². The summed E-state index contributed by atoms with van der Waals surface area (Å²) in [6.07, 6.45) is 3.07. The van der Waals surface area contributed by atoms with Gasteiger partial charge in [-0.05, 0) is 30.3 Å². The Hall–Kier alpha value is -2.95. The third kappa shape index (κ3) is 3.03. The Morgan fingerprint density at radius 2 is 2.05 bits per heavy atom. The standard InChI is InChI=1S/C17H15NO4/c1-20-14-4-2-3-13(10-14)18-8-7-15(19)12-5-6-16-17(9-12)22-11-21-16/h2-10,18H,11H2,1H3/b8-7+. The highest BCUT2D eigenvalue weighted by atomic mass is 16.7. The monoisotopic (exact) mass is 297 g/mol. The van der Waals surface area contributed by atoms with Gasteiger partial charge in [0.05, 0.1) is 7.11 Å². The number of benzene rings is 2. The first kappa shape index (κ1) is 14.0. The van der Waals surface area contributed by atoms with Crippen LogP contribution in [-0.2, 0) is 0 Å². The van der Waals surface area contributed by atoms with E-state index in [-0.39, 0.29) is 12.6 Å². The van der Waals surface area contributed by atoms with Crippen LogP contribution in [0, 0.1) is 0 Å². The summed E-state index contributed by atoms with van der Waals surface area (Å²) in [6.45, 7) is 0.195. The second-order valence-corrected chi connectivity index (χ2v) is 4.64. The van der Waals surface area contributed by atoms with Crippen molar-refractivity contribution in [3.8, 4) is 17.2 Å². The Balaban J connectivity index is 1.66. The summed E-state index contributed by atoms with van der Waals surface area (Å²) in [5, 5.41) is 3.04. The van der Waals surface area contributed by atoms with Gasteiger partial charge in [-0.2, -0.15) is 0 Å². The minimum absolute atomic E-state index is 0.117. The number of anilines is 1. The number of hydrogen-bond donors (Lipinski definition) is 1. The molecule has 0 saturated carbocycles. The van der Waals surface area contributed by atoms with Crippen LogP contribution in [0.2, 0.25) is 0 Å². The number of nitrogens with one attached hydrogen (secondary N) is 1. The summed E-state index contributed by atoms with van der Waals surface area (Å²) in [5.74, 6) is 1.89. The molecule has 5 nitrogen and oxygen atoms in total. The molecule has 3 rings (SSSR count). The van der Waals surface area contributed by atoms with Gasteiger partial charge >= 0.3 is 0 Å². The smallest absolute Gasteiger partial charge is 0.231 e. The zero-order valence-corrected chi connectivity index (χ0v) is 12.0. The normalized spacial score (nSPS) is 12.4. The largest absolute Gasteiger partial charge is 0.497 e. The van der Waals surface area contributed by atoms with Crippen LogP contribution in [0.1, 0.15) is 10.4 Å². The Morgan fingerprint density at radius 3 is 2.91 bits per heavy atom. The van der Waals surface area contributed by atoms with Crippen LogP contribution < -0.4 is 19.5 Å². The SMILES string of the molecule is COc1cccc(N/C=C/C(=O)c2ccc3c(c2)OCO3)c1. The van der Waals surface area contributed by atoms with Gasteiger partial charge < -0.3 is 19.5 Å². The van der Waals surface area contributed by atoms with E-state index in [1.807, 2.05) is 24.3 Å². The van der Waals surface area contributed by atoms with E-state index in [1.54, 1.807) is 31.5 Å². The summed E-state index contributed by atoms with van der Waals surface area (Å²) >= 11 is 0. The maximum atomic E-state index is 12.1. The second kappa shape index (κ2) is 6.22. The quantitative estimate of drug-likeness (QED) is 0.678. The van der Waals surface area contributed by atoms with Crippen molar-refractivity contribution in [2.45, 2.75) is 0 Å². The van der Waals surface area contributed by atoms with Crippen LogP contribution in [-0.4, -0.2) is 19.7 Å². The molecule has 0 bridgehead atoms. The van der Waals surface area contributed by atoms with Gasteiger partial charge in [0.25, 0.3) is 0 Å². The van der Waals surface area contributed by atoms with E-state index in [1.165, 1.54) is 6.08 Å². The number of ketones is 1. The highest BCUT2D eigenvalue weighted by Gasteiger charge is 2.14. The fourth-order valence-corrected chi connectivity index (χ4v) is 2.07. The lowest BCUT2D eigenvalue weighted by Crippen LogP contribution is -1.96. The van der Waals surface area contributed by atoms with Crippen molar-refractivity contribution in [2.24, 2.45) is 0 Å². The van der Waals surface area contributed by atoms with Crippen molar-refractivity contribution < 1.29 is 19.0 Å². The van der Waals surface area contributed by atoms with Crippen LogP contribution in [0.4, 0.5) is 5.69 Å². The lowest BCUT2D eigenvalue weighted by Gasteiger charge is -2.03. The van der Waals surface area contributed by atoms with Gasteiger partial charge in [-0.1, -0.05) is 6.07 Å². The lowest BCUT2D eigenvalue weighted by atomic mass is 10.1. The molecule has 0 unspecified atom stereocenters. The van der Waals surface area contributed by atoms with Crippen LogP contribution >= 0.6 is 0 Å². The minimum Gasteiger partial charge on any atom is -0.497 e. The third-order valence-electron chi connectivity index (χ3n) is 3.21. The molecule has 112 valence electrons. The minimum atomic E-state index is -0.117. The molecule has 0 fully saturated rings. The molecule has 0 spiro atoms. The van der Waals surface area contributed by atoms with Gasteiger partial charge in [0.15, 0.2) is 17.3 Å². The summed E-state index contributed by atoms with van der Waals surface area (Å²) in [4.78, 5) is 12.1. The number of carbonyl (C=O) groups excluding carboxylic acids is 1. The summed E-state index contributed by atoms with van der Waals surface area (Å²) in [6, 6.07) is 12.6. The zero-order chi connectivity index (χ0) is 15.4. The van der Waals surface area contributed by atoms with E-state index in [0.717, 1.165) is 11.4 Å². The predicted octanol–water partition coefficient (Wildman–Crippen LogP) is 3.23. The number of allylic oxidation sites excluding steroid dienone is 1. The molecule has 0 amide bonds. The zero-order valence-electron chi connectivity index (χ0n) is 12.0. The Labute approximate surface area is 128 Å². The Bertz CT molecular complexity index is 724. The van der Waals surface area contributed by atoms with E-state index in [2.05, 4.69) is 5.32 Å². The summed E-state index contributed by atoms with van der Waals surface area (Å²) < 4.78 is 15.6. The van der Waals surface area contributed by atoms with E-state index >= 15 is 0 Å². The molecule has 0 radical (unpaired) electrons. The number of carbonyl (C=O) groups is 1. The third-order valence-corrected chi connectivity index (χ3v) is 3.21. The topological polar surface area (TPSA) is 56.8 Å². The highest BCUT2D eigenvalue weighted by Crippen LogP contribution is 2.32. The average molecular weight is 297 g/mol. The fraction of sp³-hybridized carbons (Fsp3) is 0.118. The molecular weight excluding hydrogens is 282 g/mol. The molecule has 22 heavy (non-hydrogen) atoms. The number of fused-ring (bicyclic) bond motifs is 1. The van der Waals surface area contributed by atoms with E-state index < -0.39 is 0 Å². The molecule has 0 atom stereocenters. The molecule has 1 N–H and O–H groups in total. The Kier molecular flexibility index (Phi) is 3.96. The van der Waals surface area contributed by atoms with Crippen LogP contribution in [0.5, 0.6) is 17.2 Å². The van der Waals surface area contributed by atoms with Gasteiger partial charge in [-0.25, -0.2) is 0 Å². The molecule has 0 aromatic heterocycles. The van der Waals surface area contributed by atoms with Gasteiger partial charge in [0, 0.05) is 29.6 Å². The number of ether oxygens (including phenoxy) is 3. The van der Waals surface area contributed by atoms with Crippen LogP contribution in [0.15, 0.2) is 54.7 Å². The summed E-state index contributed by atoms with van der Waals surface area (Å²) in [7, 11) is 1.61. The summed E-state index contributed by atoms with van der Waals surface area (Å²) in [5.41, 5.74) is 1.39. The number of rotatable bonds is 5. The fourth-order valence-electron chi connectivity index (χ4n) is 2.07. The first-order chi connectivity index (χ1) is 10.8. The molecule has 1 aliphatic heterocycles. The second-order valence-electron chi connectivity index (χ2n) is 4.64.